The maximum absolute atomic E-state index is 11.7. The summed E-state index contributed by atoms with van der Waals surface area (Å²) in [5, 5.41) is 6.90. The van der Waals surface area contributed by atoms with Gasteiger partial charge in [-0.3, -0.25) is 4.79 Å². The van der Waals surface area contributed by atoms with E-state index in [0.29, 0.717) is 17.5 Å². The van der Waals surface area contributed by atoms with E-state index < -0.39 is 0 Å². The zero-order valence-corrected chi connectivity index (χ0v) is 10.7. The van der Waals surface area contributed by atoms with E-state index in [9.17, 15) is 4.79 Å². The predicted octanol–water partition coefficient (Wildman–Crippen LogP) is 2.73. The molecule has 1 aliphatic carbocycles. The van der Waals surface area contributed by atoms with Gasteiger partial charge in [-0.05, 0) is 43.5 Å². The molecule has 17 heavy (non-hydrogen) atoms. The fourth-order valence-corrected chi connectivity index (χ4v) is 1.88. The van der Waals surface area contributed by atoms with Crippen molar-refractivity contribution in [2.24, 2.45) is 0 Å². The van der Waals surface area contributed by atoms with Crippen molar-refractivity contribution < 1.29 is 4.79 Å². The maximum atomic E-state index is 11.7. The Kier molecular flexibility index (Phi) is 4.02. The average Bonchev–Trinajstić information content (AvgIpc) is 3.06. The van der Waals surface area contributed by atoms with Crippen LogP contribution in [0.25, 0.3) is 0 Å². The number of carbonyl (C=O) groups excluding carboxylic acids is 1. The topological polar surface area (TPSA) is 41.1 Å². The summed E-state index contributed by atoms with van der Waals surface area (Å²) in [6.07, 6.45) is 3.01. The third-order valence-electron chi connectivity index (χ3n) is 2.82. The highest BCUT2D eigenvalue weighted by Crippen LogP contribution is 2.20. The molecule has 0 aliphatic heterocycles. The molecule has 1 aromatic carbocycles. The van der Waals surface area contributed by atoms with E-state index in [-0.39, 0.29) is 5.91 Å². The average molecular weight is 253 g/mol. The van der Waals surface area contributed by atoms with Crippen LogP contribution in [-0.4, -0.2) is 18.5 Å². The van der Waals surface area contributed by atoms with Crippen molar-refractivity contribution in [2.45, 2.75) is 32.2 Å². The summed E-state index contributed by atoms with van der Waals surface area (Å²) in [6, 6.07) is 6.12. The fraction of sp³-hybridized carbons (Fsp3) is 0.462. The molecule has 0 spiro atoms. The molecule has 1 amide bonds. The minimum absolute atomic E-state index is 0.0450. The van der Waals surface area contributed by atoms with E-state index >= 15 is 0 Å². The van der Waals surface area contributed by atoms with Gasteiger partial charge in [-0.25, -0.2) is 0 Å². The van der Waals surface area contributed by atoms with Crippen LogP contribution in [0.1, 0.15) is 24.8 Å². The number of carbonyl (C=O) groups is 1. The molecule has 1 saturated carbocycles. The summed E-state index contributed by atoms with van der Waals surface area (Å²) in [5.41, 5.74) is 1.83. The highest BCUT2D eigenvalue weighted by atomic mass is 35.5. The van der Waals surface area contributed by atoms with Crippen molar-refractivity contribution in [3.05, 3.63) is 28.8 Å². The quantitative estimate of drug-likeness (QED) is 0.846. The molecule has 0 aromatic heterocycles. The molecule has 0 bridgehead atoms. The lowest BCUT2D eigenvalue weighted by molar-refractivity contribution is -0.116. The van der Waals surface area contributed by atoms with Gasteiger partial charge in [0.25, 0.3) is 0 Å². The van der Waals surface area contributed by atoms with E-state index in [0.717, 1.165) is 17.8 Å². The largest absolute Gasteiger partial charge is 0.326 e. The number of amides is 1. The van der Waals surface area contributed by atoms with E-state index in [2.05, 4.69) is 10.6 Å². The van der Waals surface area contributed by atoms with Crippen LogP contribution >= 0.6 is 11.6 Å². The lowest BCUT2D eigenvalue weighted by Crippen LogP contribution is -2.23. The Morgan fingerprint density at radius 2 is 2.24 bits per heavy atom. The first-order chi connectivity index (χ1) is 8.15. The molecule has 0 radical (unpaired) electrons. The fourth-order valence-electron chi connectivity index (χ4n) is 1.66. The summed E-state index contributed by atoms with van der Waals surface area (Å²) >= 11 is 5.86. The number of nitrogens with one attached hydrogen (secondary N) is 2. The molecule has 92 valence electrons. The van der Waals surface area contributed by atoms with Gasteiger partial charge in [0.1, 0.15) is 0 Å². The first kappa shape index (κ1) is 12.4. The van der Waals surface area contributed by atoms with Gasteiger partial charge in [0, 0.05) is 29.7 Å². The zero-order chi connectivity index (χ0) is 12.3. The smallest absolute Gasteiger partial charge is 0.225 e. The van der Waals surface area contributed by atoms with Gasteiger partial charge in [-0.1, -0.05) is 11.6 Å². The third-order valence-corrected chi connectivity index (χ3v) is 3.06. The van der Waals surface area contributed by atoms with Gasteiger partial charge in [-0.15, -0.1) is 0 Å². The minimum atomic E-state index is 0.0450. The first-order valence-electron chi connectivity index (χ1n) is 5.94. The molecular weight excluding hydrogens is 236 g/mol. The third kappa shape index (κ3) is 4.02. The van der Waals surface area contributed by atoms with Crippen LogP contribution in [0.3, 0.4) is 0 Å². The van der Waals surface area contributed by atoms with Gasteiger partial charge < -0.3 is 10.6 Å². The number of rotatable bonds is 5. The van der Waals surface area contributed by atoms with E-state index in [1.807, 2.05) is 19.1 Å². The number of hydrogen-bond donors (Lipinski definition) is 2. The number of benzene rings is 1. The van der Waals surface area contributed by atoms with Crippen molar-refractivity contribution in [2.75, 3.05) is 11.9 Å². The predicted molar refractivity (Wildman–Crippen MR) is 70.5 cm³/mol. The van der Waals surface area contributed by atoms with Crippen LogP contribution in [0, 0.1) is 6.92 Å². The molecule has 4 heteroatoms. The Morgan fingerprint density at radius 3 is 2.88 bits per heavy atom. The summed E-state index contributed by atoms with van der Waals surface area (Å²) in [5.74, 6) is 0.0450. The van der Waals surface area contributed by atoms with Gasteiger partial charge in [0.2, 0.25) is 5.91 Å². The van der Waals surface area contributed by atoms with Crippen molar-refractivity contribution in [1.82, 2.24) is 5.32 Å². The molecule has 3 nitrogen and oxygen atoms in total. The van der Waals surface area contributed by atoms with Crippen molar-refractivity contribution >= 4 is 23.2 Å². The van der Waals surface area contributed by atoms with Gasteiger partial charge in [0.05, 0.1) is 0 Å². The Bertz CT molecular complexity index is 416. The molecule has 1 aliphatic rings. The van der Waals surface area contributed by atoms with Gasteiger partial charge in [-0.2, -0.15) is 0 Å². The first-order valence-corrected chi connectivity index (χ1v) is 6.32. The number of hydrogen-bond acceptors (Lipinski definition) is 2. The summed E-state index contributed by atoms with van der Waals surface area (Å²) in [7, 11) is 0. The monoisotopic (exact) mass is 252 g/mol. The van der Waals surface area contributed by atoms with E-state index in [1.165, 1.54) is 12.8 Å². The van der Waals surface area contributed by atoms with Crippen LogP contribution < -0.4 is 10.6 Å². The molecule has 1 fully saturated rings. The molecule has 0 heterocycles. The van der Waals surface area contributed by atoms with Crippen LogP contribution in [0.2, 0.25) is 5.02 Å². The second-order valence-electron chi connectivity index (χ2n) is 4.49. The maximum Gasteiger partial charge on any atom is 0.225 e. The van der Waals surface area contributed by atoms with Crippen LogP contribution in [0.15, 0.2) is 18.2 Å². The number of halogens is 1. The van der Waals surface area contributed by atoms with Crippen molar-refractivity contribution in [3.63, 3.8) is 0 Å². The van der Waals surface area contributed by atoms with Crippen LogP contribution in [0.4, 0.5) is 5.69 Å². The zero-order valence-electron chi connectivity index (χ0n) is 9.92. The van der Waals surface area contributed by atoms with Crippen LogP contribution in [0.5, 0.6) is 0 Å². The van der Waals surface area contributed by atoms with E-state index in [1.54, 1.807) is 6.07 Å². The Balaban J connectivity index is 1.79. The molecule has 2 N–H and O–H groups in total. The SMILES string of the molecule is Cc1cc(Cl)ccc1NC(=O)CCNC1CC1. The Labute approximate surface area is 107 Å². The number of aryl methyl sites for hydroxylation is 1. The second kappa shape index (κ2) is 5.52. The Morgan fingerprint density at radius 1 is 1.47 bits per heavy atom. The molecule has 0 atom stereocenters. The second-order valence-corrected chi connectivity index (χ2v) is 4.92. The Hall–Kier alpha value is -1.06. The summed E-state index contributed by atoms with van der Waals surface area (Å²) in [4.78, 5) is 11.7. The summed E-state index contributed by atoms with van der Waals surface area (Å²) < 4.78 is 0. The molecular formula is C13H17ClN2O. The van der Waals surface area contributed by atoms with Gasteiger partial charge in [0.15, 0.2) is 0 Å². The minimum Gasteiger partial charge on any atom is -0.326 e. The molecule has 1 aromatic rings. The molecule has 2 rings (SSSR count). The molecule has 0 saturated heterocycles. The highest BCUT2D eigenvalue weighted by molar-refractivity contribution is 6.30. The highest BCUT2D eigenvalue weighted by Gasteiger charge is 2.20. The summed E-state index contributed by atoms with van der Waals surface area (Å²) in [6.45, 7) is 2.69. The van der Waals surface area contributed by atoms with Crippen molar-refractivity contribution in [1.29, 1.82) is 0 Å². The van der Waals surface area contributed by atoms with E-state index in [4.69, 9.17) is 11.6 Å². The number of anilines is 1. The molecule has 0 unspecified atom stereocenters. The lowest BCUT2D eigenvalue weighted by atomic mass is 10.2. The van der Waals surface area contributed by atoms with Gasteiger partial charge >= 0.3 is 0 Å². The standard InChI is InChI=1S/C13H17ClN2O/c1-9-8-10(14)2-5-12(9)16-13(17)6-7-15-11-3-4-11/h2,5,8,11,15H,3-4,6-7H2,1H3,(H,16,17). The lowest BCUT2D eigenvalue weighted by Gasteiger charge is -2.08. The van der Waals surface area contributed by atoms with Crippen LogP contribution in [-0.2, 0) is 4.79 Å². The van der Waals surface area contributed by atoms with Crippen molar-refractivity contribution in [3.8, 4) is 0 Å². The normalized spacial score (nSPS) is 14.7.